The summed E-state index contributed by atoms with van der Waals surface area (Å²) in [5, 5.41) is 10.2. The summed E-state index contributed by atoms with van der Waals surface area (Å²) in [6.07, 6.45) is -3.42. The molecular weight excluding hydrogens is 315 g/mol. The minimum atomic E-state index is -4.59. The first-order valence-corrected chi connectivity index (χ1v) is 6.27. The van der Waals surface area contributed by atoms with Crippen LogP contribution in [0.15, 0.2) is 12.3 Å². The Morgan fingerprint density at radius 2 is 2.00 bits per heavy atom. The van der Waals surface area contributed by atoms with Crippen molar-refractivity contribution in [1.29, 1.82) is 0 Å². The molecule has 0 unspecified atom stereocenters. The van der Waals surface area contributed by atoms with Crippen molar-refractivity contribution in [3.8, 4) is 5.75 Å². The monoisotopic (exact) mass is 327 g/mol. The zero-order chi connectivity index (χ0) is 14.0. The Bertz CT molecular complexity index is 416. The van der Waals surface area contributed by atoms with Crippen LogP contribution in [0.3, 0.4) is 0 Å². The Morgan fingerprint density at radius 1 is 1.39 bits per heavy atom. The SMILES string of the molecule is CC(C)(O)c1ncc(OCCBr)cc1C(F)(F)F. The molecule has 0 aromatic carbocycles. The van der Waals surface area contributed by atoms with Gasteiger partial charge in [0.1, 0.15) is 11.4 Å². The number of alkyl halides is 4. The number of aromatic nitrogens is 1. The van der Waals surface area contributed by atoms with Crippen LogP contribution >= 0.6 is 15.9 Å². The first kappa shape index (κ1) is 15.2. The Morgan fingerprint density at radius 3 is 2.44 bits per heavy atom. The lowest BCUT2D eigenvalue weighted by Crippen LogP contribution is -2.24. The van der Waals surface area contributed by atoms with E-state index in [2.05, 4.69) is 20.9 Å². The highest BCUT2D eigenvalue weighted by Crippen LogP contribution is 2.37. The molecule has 0 bridgehead atoms. The summed E-state index contributed by atoms with van der Waals surface area (Å²) in [4.78, 5) is 3.66. The topological polar surface area (TPSA) is 42.4 Å². The molecule has 0 radical (unpaired) electrons. The highest BCUT2D eigenvalue weighted by molar-refractivity contribution is 9.09. The van der Waals surface area contributed by atoms with Crippen LogP contribution in [0.2, 0.25) is 0 Å². The van der Waals surface area contributed by atoms with Crippen LogP contribution in [-0.4, -0.2) is 22.0 Å². The lowest BCUT2D eigenvalue weighted by atomic mass is 9.99. The van der Waals surface area contributed by atoms with E-state index in [1.807, 2.05) is 0 Å². The van der Waals surface area contributed by atoms with Gasteiger partial charge in [-0.2, -0.15) is 13.2 Å². The van der Waals surface area contributed by atoms with Crippen molar-refractivity contribution < 1.29 is 23.0 Å². The number of hydrogen-bond acceptors (Lipinski definition) is 3. The van der Waals surface area contributed by atoms with Crippen molar-refractivity contribution in [3.05, 3.63) is 23.5 Å². The van der Waals surface area contributed by atoms with E-state index >= 15 is 0 Å². The highest BCUT2D eigenvalue weighted by Gasteiger charge is 2.38. The second-order valence-corrected chi connectivity index (χ2v) is 4.95. The molecule has 1 aromatic rings. The van der Waals surface area contributed by atoms with Crippen molar-refractivity contribution in [2.75, 3.05) is 11.9 Å². The van der Waals surface area contributed by atoms with Crippen LogP contribution in [0.4, 0.5) is 13.2 Å². The largest absolute Gasteiger partial charge is 0.491 e. The summed E-state index contributed by atoms with van der Waals surface area (Å²) in [5.74, 6) is 0.0229. The third-order valence-electron chi connectivity index (χ3n) is 2.09. The van der Waals surface area contributed by atoms with Crippen LogP contribution in [0.1, 0.15) is 25.1 Å². The molecule has 1 aromatic heterocycles. The van der Waals surface area contributed by atoms with Gasteiger partial charge in [-0.1, -0.05) is 15.9 Å². The van der Waals surface area contributed by atoms with Gasteiger partial charge in [0, 0.05) is 5.33 Å². The molecule has 0 fully saturated rings. The number of hydrogen-bond donors (Lipinski definition) is 1. The molecule has 3 nitrogen and oxygen atoms in total. The lowest BCUT2D eigenvalue weighted by Gasteiger charge is -2.22. The third kappa shape index (κ3) is 3.84. The zero-order valence-corrected chi connectivity index (χ0v) is 11.5. The normalized spacial score (nSPS) is 12.6. The van der Waals surface area contributed by atoms with Gasteiger partial charge < -0.3 is 9.84 Å². The first-order chi connectivity index (χ1) is 8.16. The minimum Gasteiger partial charge on any atom is -0.491 e. The average molecular weight is 328 g/mol. The molecule has 0 aliphatic rings. The van der Waals surface area contributed by atoms with E-state index in [1.54, 1.807) is 0 Å². The quantitative estimate of drug-likeness (QED) is 0.864. The molecular formula is C11H13BrF3NO2. The van der Waals surface area contributed by atoms with E-state index < -0.39 is 23.0 Å². The van der Waals surface area contributed by atoms with Gasteiger partial charge in [0.05, 0.1) is 24.1 Å². The van der Waals surface area contributed by atoms with Crippen LogP contribution in [-0.2, 0) is 11.8 Å². The maximum absolute atomic E-state index is 12.9. The maximum Gasteiger partial charge on any atom is 0.418 e. The maximum atomic E-state index is 12.9. The van der Waals surface area contributed by atoms with Gasteiger partial charge in [0.2, 0.25) is 0 Å². The second-order valence-electron chi connectivity index (χ2n) is 4.16. The molecule has 1 N–H and O–H groups in total. The average Bonchev–Trinajstić information content (AvgIpc) is 2.23. The molecule has 0 aliphatic heterocycles. The van der Waals surface area contributed by atoms with Gasteiger partial charge in [-0.3, -0.25) is 4.98 Å². The van der Waals surface area contributed by atoms with Crippen molar-refractivity contribution in [2.24, 2.45) is 0 Å². The molecule has 0 spiro atoms. The Hall–Kier alpha value is -0.820. The fourth-order valence-electron chi connectivity index (χ4n) is 1.38. The number of aliphatic hydroxyl groups is 1. The molecule has 0 amide bonds. The van der Waals surface area contributed by atoms with Crippen LogP contribution < -0.4 is 4.74 Å². The molecule has 0 atom stereocenters. The Balaban J connectivity index is 3.22. The molecule has 1 heterocycles. The van der Waals surface area contributed by atoms with Crippen molar-refractivity contribution in [1.82, 2.24) is 4.98 Å². The van der Waals surface area contributed by atoms with Crippen molar-refractivity contribution in [2.45, 2.75) is 25.6 Å². The summed E-state index contributed by atoms with van der Waals surface area (Å²) < 4.78 is 43.7. The van der Waals surface area contributed by atoms with Crippen molar-refractivity contribution in [3.63, 3.8) is 0 Å². The van der Waals surface area contributed by atoms with Gasteiger partial charge >= 0.3 is 6.18 Å². The van der Waals surface area contributed by atoms with Crippen molar-refractivity contribution >= 4 is 15.9 Å². The number of ether oxygens (including phenoxy) is 1. The van der Waals surface area contributed by atoms with Gasteiger partial charge in [0.15, 0.2) is 0 Å². The summed E-state index contributed by atoms with van der Waals surface area (Å²) in [6, 6.07) is 0.850. The molecule has 7 heteroatoms. The Labute approximate surface area is 111 Å². The number of pyridine rings is 1. The summed E-state index contributed by atoms with van der Waals surface area (Å²) >= 11 is 3.10. The van der Waals surface area contributed by atoms with Gasteiger partial charge in [-0.25, -0.2) is 0 Å². The summed E-state index contributed by atoms with van der Waals surface area (Å²) in [5.41, 5.74) is -3.07. The highest BCUT2D eigenvalue weighted by atomic mass is 79.9. The van der Waals surface area contributed by atoms with Crippen LogP contribution in [0.25, 0.3) is 0 Å². The predicted molar refractivity (Wildman–Crippen MR) is 63.8 cm³/mol. The lowest BCUT2D eigenvalue weighted by molar-refractivity contribution is -0.140. The van der Waals surface area contributed by atoms with Gasteiger partial charge in [-0.05, 0) is 19.9 Å². The molecule has 0 saturated carbocycles. The van der Waals surface area contributed by atoms with E-state index in [0.717, 1.165) is 6.07 Å². The fourth-order valence-corrected chi connectivity index (χ4v) is 1.55. The standard InChI is InChI=1S/C11H13BrF3NO2/c1-10(2,17)9-8(11(13,14)15)5-7(6-16-9)18-4-3-12/h5-6,17H,3-4H2,1-2H3. The van der Waals surface area contributed by atoms with Crippen LogP contribution in [0, 0.1) is 0 Å². The van der Waals surface area contributed by atoms with E-state index in [0.29, 0.717) is 5.33 Å². The third-order valence-corrected chi connectivity index (χ3v) is 2.42. The van der Waals surface area contributed by atoms with E-state index in [9.17, 15) is 18.3 Å². The first-order valence-electron chi connectivity index (χ1n) is 5.15. The van der Waals surface area contributed by atoms with E-state index in [1.165, 1.54) is 20.0 Å². The molecule has 102 valence electrons. The number of rotatable bonds is 4. The predicted octanol–water partition coefficient (Wildman–Crippen LogP) is 3.10. The fraction of sp³-hybridized carbons (Fsp3) is 0.545. The number of nitrogens with zero attached hydrogens (tertiary/aromatic N) is 1. The minimum absolute atomic E-state index is 0.0229. The van der Waals surface area contributed by atoms with Crippen LogP contribution in [0.5, 0.6) is 5.75 Å². The molecule has 18 heavy (non-hydrogen) atoms. The Kier molecular flexibility index (Phi) is 4.61. The van der Waals surface area contributed by atoms with Gasteiger partial charge in [-0.15, -0.1) is 0 Å². The van der Waals surface area contributed by atoms with E-state index in [-0.39, 0.29) is 12.4 Å². The zero-order valence-electron chi connectivity index (χ0n) is 9.88. The smallest absolute Gasteiger partial charge is 0.418 e. The molecule has 0 saturated heterocycles. The summed E-state index contributed by atoms with van der Waals surface area (Å²) in [7, 11) is 0. The van der Waals surface area contributed by atoms with Gasteiger partial charge in [0.25, 0.3) is 0 Å². The molecule has 1 rings (SSSR count). The summed E-state index contributed by atoms with van der Waals surface area (Å²) in [6.45, 7) is 2.74. The molecule has 0 aliphatic carbocycles. The van der Waals surface area contributed by atoms with E-state index in [4.69, 9.17) is 4.74 Å². The second kappa shape index (κ2) is 5.44. The number of halogens is 4.